The summed E-state index contributed by atoms with van der Waals surface area (Å²) in [5.74, 6) is -3.27. The number of allylic oxidation sites excluding steroid dienone is 3. The maximum absolute atomic E-state index is 13.3. The molecule has 240 valence electrons. The summed E-state index contributed by atoms with van der Waals surface area (Å²) in [7, 11) is 4.45. The number of carbonyl (C=O) groups excluding carboxylic acids is 1. The first-order chi connectivity index (χ1) is 19.7. The average Bonchev–Trinajstić information content (AvgIpc) is 2.94. The topological polar surface area (TPSA) is 153 Å². The molecule has 0 spiro atoms. The van der Waals surface area contributed by atoms with E-state index in [2.05, 4.69) is 11.9 Å². The van der Waals surface area contributed by atoms with Crippen LogP contribution in [0.3, 0.4) is 0 Å². The fourth-order valence-electron chi connectivity index (χ4n) is 5.65. The smallest absolute Gasteiger partial charge is 0.328 e. The zero-order chi connectivity index (χ0) is 31.7. The van der Waals surface area contributed by atoms with Crippen molar-refractivity contribution in [1.29, 1.82) is 0 Å². The number of ether oxygens (including phenoxy) is 5. The van der Waals surface area contributed by atoms with Crippen molar-refractivity contribution in [1.82, 2.24) is 5.32 Å². The monoisotopic (exact) mass is 597 g/mol. The van der Waals surface area contributed by atoms with Crippen molar-refractivity contribution in [3.63, 3.8) is 0 Å². The third-order valence-electron chi connectivity index (χ3n) is 8.70. The maximum Gasteiger partial charge on any atom is 0.328 e. The van der Waals surface area contributed by atoms with E-state index in [1.54, 1.807) is 13.2 Å². The van der Waals surface area contributed by atoms with Gasteiger partial charge in [-0.3, -0.25) is 4.79 Å². The first-order valence-electron chi connectivity index (χ1n) is 14.6. The number of aliphatic hydroxyl groups excluding tert-OH is 2. The molecule has 0 bridgehead atoms. The molecule has 0 aromatic carbocycles. The molecule has 9 atom stereocenters. The van der Waals surface area contributed by atoms with Gasteiger partial charge in [-0.1, -0.05) is 51.2 Å². The number of nitrogens with one attached hydrogen (secondary N) is 1. The Labute approximate surface area is 249 Å². The highest BCUT2D eigenvalue weighted by atomic mass is 16.7. The number of methoxy groups -OCH3 is 3. The molecule has 4 N–H and O–H groups in total. The molecule has 1 amide bonds. The molecule has 2 fully saturated rings. The van der Waals surface area contributed by atoms with Crippen LogP contribution in [0.2, 0.25) is 0 Å². The van der Waals surface area contributed by atoms with E-state index in [0.717, 1.165) is 11.6 Å². The lowest BCUT2D eigenvalue weighted by atomic mass is 9.73. The van der Waals surface area contributed by atoms with Gasteiger partial charge in [-0.15, -0.1) is 0 Å². The second-order valence-electron chi connectivity index (χ2n) is 11.9. The van der Waals surface area contributed by atoms with Crippen molar-refractivity contribution in [2.75, 3.05) is 21.3 Å². The number of carboxylic acid groups (broad SMARTS) is 1. The van der Waals surface area contributed by atoms with E-state index < -0.39 is 53.7 Å². The van der Waals surface area contributed by atoms with Crippen LogP contribution in [0.1, 0.15) is 66.2 Å². The van der Waals surface area contributed by atoms with Crippen molar-refractivity contribution in [3.8, 4) is 0 Å². The Morgan fingerprint density at radius 3 is 2.45 bits per heavy atom. The standard InChI is InChI=1S/C31H51NO10/c1-19-18-31(40-8,42-21(3)20(19)2)27(36)28(37)32-29(39-7)23-17-24(38-6)30(4,5)25(41-23)16-22(33)14-12-10-9-11-13-15-26(34)35/h9,11,13,15,20-25,27,29,33,36H,1,10,12,14,16-18H2,2-8H3,(H,32,37)(H,34,35)/b11-9+,15-13+/t20-,21-,22-,23+,24-,25-,27-,29+,31-/m1/s1. The average molecular weight is 598 g/mol. The molecule has 0 unspecified atom stereocenters. The van der Waals surface area contributed by atoms with Crippen LogP contribution in [0.4, 0.5) is 0 Å². The van der Waals surface area contributed by atoms with E-state index in [9.17, 15) is 19.8 Å². The lowest BCUT2D eigenvalue weighted by molar-refractivity contribution is -0.298. The molecule has 2 aliphatic heterocycles. The van der Waals surface area contributed by atoms with Crippen molar-refractivity contribution >= 4 is 11.9 Å². The predicted molar refractivity (Wildman–Crippen MR) is 156 cm³/mol. The second kappa shape index (κ2) is 16.1. The summed E-state index contributed by atoms with van der Waals surface area (Å²) >= 11 is 0. The Bertz CT molecular complexity index is 965. The van der Waals surface area contributed by atoms with Gasteiger partial charge in [0.1, 0.15) is 6.10 Å². The Morgan fingerprint density at radius 1 is 1.19 bits per heavy atom. The van der Waals surface area contributed by atoms with Crippen LogP contribution in [0.25, 0.3) is 0 Å². The first kappa shape index (κ1) is 36.1. The minimum atomic E-state index is -1.66. The lowest BCUT2D eigenvalue weighted by Crippen LogP contribution is -2.62. The molecule has 11 heteroatoms. The molecule has 2 heterocycles. The van der Waals surface area contributed by atoms with E-state index in [-0.39, 0.29) is 24.5 Å². The fraction of sp³-hybridized carbons (Fsp3) is 0.742. The van der Waals surface area contributed by atoms with Gasteiger partial charge in [-0.25, -0.2) is 4.79 Å². The third kappa shape index (κ3) is 9.19. The molecule has 2 saturated heterocycles. The molecule has 0 aromatic heterocycles. The zero-order valence-electron chi connectivity index (χ0n) is 26.1. The van der Waals surface area contributed by atoms with Crippen molar-refractivity contribution in [2.24, 2.45) is 11.3 Å². The molecule has 0 aromatic rings. The minimum absolute atomic E-state index is 0.0462. The van der Waals surface area contributed by atoms with Crippen LogP contribution in [0.15, 0.2) is 36.5 Å². The van der Waals surface area contributed by atoms with Gasteiger partial charge < -0.3 is 44.3 Å². The van der Waals surface area contributed by atoms with Crippen LogP contribution in [0, 0.1) is 11.3 Å². The van der Waals surface area contributed by atoms with Gasteiger partial charge >= 0.3 is 5.97 Å². The Hall–Kier alpha value is -2.12. The highest BCUT2D eigenvalue weighted by molar-refractivity contribution is 5.82. The zero-order valence-corrected chi connectivity index (χ0v) is 26.1. The molecule has 2 rings (SSSR count). The normalized spacial score (nSPS) is 32.1. The number of aliphatic carboxylic acids is 1. The summed E-state index contributed by atoms with van der Waals surface area (Å²) in [6.45, 7) is 11.9. The second-order valence-corrected chi connectivity index (χ2v) is 11.9. The van der Waals surface area contributed by atoms with Crippen LogP contribution >= 0.6 is 0 Å². The molecule has 0 saturated carbocycles. The summed E-state index contributed by atoms with van der Waals surface area (Å²) in [5.41, 5.74) is 0.373. The van der Waals surface area contributed by atoms with Gasteiger partial charge in [-0.05, 0) is 26.2 Å². The van der Waals surface area contributed by atoms with E-state index in [0.29, 0.717) is 32.1 Å². The molecule has 11 nitrogen and oxygen atoms in total. The number of aliphatic hydroxyl groups is 2. The Morgan fingerprint density at radius 2 is 1.88 bits per heavy atom. The SMILES string of the molecule is C=C1C[C@](OC)([C@H](O)C(=O)N[C@@H](OC)[C@@H]2C[C@@H](OC)C(C)(C)[C@@H](C[C@H](O)CCC/C=C/C=C/C(=O)O)O2)O[C@H](C)[C@@H]1C. The molecular weight excluding hydrogens is 546 g/mol. The summed E-state index contributed by atoms with van der Waals surface area (Å²) in [4.78, 5) is 23.8. The highest BCUT2D eigenvalue weighted by Crippen LogP contribution is 2.42. The molecule has 42 heavy (non-hydrogen) atoms. The number of carboxylic acids is 1. The Balaban J connectivity index is 2.07. The predicted octanol–water partition coefficient (Wildman–Crippen LogP) is 3.10. The van der Waals surface area contributed by atoms with E-state index in [1.165, 1.54) is 20.3 Å². The first-order valence-corrected chi connectivity index (χ1v) is 14.6. The number of hydrogen-bond acceptors (Lipinski definition) is 9. The highest BCUT2D eigenvalue weighted by Gasteiger charge is 2.51. The van der Waals surface area contributed by atoms with Crippen molar-refractivity contribution < 1.29 is 48.6 Å². The number of amides is 1. The van der Waals surface area contributed by atoms with Gasteiger partial charge in [0.05, 0.1) is 24.4 Å². The van der Waals surface area contributed by atoms with Crippen molar-refractivity contribution in [2.45, 2.75) is 115 Å². The number of rotatable bonds is 15. The Kier molecular flexibility index (Phi) is 13.8. The van der Waals surface area contributed by atoms with Crippen molar-refractivity contribution in [3.05, 3.63) is 36.5 Å². The fourth-order valence-corrected chi connectivity index (χ4v) is 5.65. The van der Waals surface area contributed by atoms with Crippen LogP contribution < -0.4 is 5.32 Å². The summed E-state index contributed by atoms with van der Waals surface area (Å²) < 4.78 is 29.5. The van der Waals surface area contributed by atoms with E-state index >= 15 is 0 Å². The van der Waals surface area contributed by atoms with Crippen LogP contribution in [0.5, 0.6) is 0 Å². The number of hydrogen-bond donors (Lipinski definition) is 4. The van der Waals surface area contributed by atoms with Gasteiger partial charge in [0, 0.05) is 58.0 Å². The quantitative estimate of drug-likeness (QED) is 0.0728. The van der Waals surface area contributed by atoms with Crippen LogP contribution in [-0.4, -0.2) is 97.2 Å². The molecular formula is C31H51NO10. The van der Waals surface area contributed by atoms with Crippen LogP contribution in [-0.2, 0) is 33.3 Å². The summed E-state index contributed by atoms with van der Waals surface area (Å²) in [6.07, 6.45) is 4.09. The maximum atomic E-state index is 13.3. The number of carbonyl (C=O) groups is 2. The van der Waals surface area contributed by atoms with Gasteiger partial charge in [-0.2, -0.15) is 0 Å². The largest absolute Gasteiger partial charge is 0.478 e. The third-order valence-corrected chi connectivity index (χ3v) is 8.70. The summed E-state index contributed by atoms with van der Waals surface area (Å²) in [5, 5.41) is 33.3. The van der Waals surface area contributed by atoms with Gasteiger partial charge in [0.15, 0.2) is 12.3 Å². The lowest BCUT2D eigenvalue weighted by Gasteiger charge is -2.49. The van der Waals surface area contributed by atoms with Gasteiger partial charge in [0.2, 0.25) is 5.79 Å². The molecule has 0 radical (unpaired) electrons. The molecule has 2 aliphatic rings. The minimum Gasteiger partial charge on any atom is -0.478 e. The molecule has 0 aliphatic carbocycles. The van der Waals surface area contributed by atoms with E-state index in [1.807, 2.05) is 33.8 Å². The van der Waals surface area contributed by atoms with Gasteiger partial charge in [0.25, 0.3) is 5.91 Å². The number of unbranched alkanes of at least 4 members (excludes halogenated alkanes) is 1. The van der Waals surface area contributed by atoms with E-state index in [4.69, 9.17) is 28.8 Å². The summed E-state index contributed by atoms with van der Waals surface area (Å²) in [6, 6.07) is 0.